The zero-order valence-corrected chi connectivity index (χ0v) is 11.1. The lowest BCUT2D eigenvalue weighted by Gasteiger charge is -2.25. The van der Waals surface area contributed by atoms with Gasteiger partial charge in [0.2, 0.25) is 0 Å². The van der Waals surface area contributed by atoms with Gasteiger partial charge in [-0.1, -0.05) is 17.7 Å². The monoisotopic (exact) mass is 272 g/mol. The van der Waals surface area contributed by atoms with E-state index in [1.54, 1.807) is 6.20 Å². The van der Waals surface area contributed by atoms with Crippen LogP contribution in [-0.4, -0.2) is 14.8 Å². The SMILES string of the molecule is N#Cc1nn(C2CCC2)cc1Cc1cccnc1Cl. The quantitative estimate of drug-likeness (QED) is 0.807. The molecule has 0 radical (unpaired) electrons. The maximum absolute atomic E-state index is 9.18. The Hall–Kier alpha value is -1.86. The molecule has 2 aromatic heterocycles. The molecule has 4 nitrogen and oxygen atoms in total. The zero-order valence-electron chi connectivity index (χ0n) is 10.4. The average molecular weight is 273 g/mol. The third-order valence-electron chi connectivity index (χ3n) is 3.58. The van der Waals surface area contributed by atoms with Gasteiger partial charge in [-0.25, -0.2) is 4.98 Å². The average Bonchev–Trinajstić information content (AvgIpc) is 2.73. The van der Waals surface area contributed by atoms with Crippen LogP contribution < -0.4 is 0 Å². The van der Waals surface area contributed by atoms with Crippen LogP contribution in [0, 0.1) is 11.3 Å². The predicted molar refractivity (Wildman–Crippen MR) is 71.9 cm³/mol. The van der Waals surface area contributed by atoms with Crippen LogP contribution in [-0.2, 0) is 6.42 Å². The molecule has 0 spiro atoms. The molecule has 0 unspecified atom stereocenters. The molecular formula is C14H13ClN4. The number of hydrogen-bond acceptors (Lipinski definition) is 3. The smallest absolute Gasteiger partial charge is 0.166 e. The van der Waals surface area contributed by atoms with Crippen molar-refractivity contribution in [3.05, 3.63) is 46.5 Å². The summed E-state index contributed by atoms with van der Waals surface area (Å²) in [6.45, 7) is 0. The third kappa shape index (κ3) is 2.34. The van der Waals surface area contributed by atoms with E-state index >= 15 is 0 Å². The summed E-state index contributed by atoms with van der Waals surface area (Å²) >= 11 is 6.06. The van der Waals surface area contributed by atoms with Crippen LogP contribution in [0.5, 0.6) is 0 Å². The summed E-state index contributed by atoms with van der Waals surface area (Å²) in [4.78, 5) is 4.06. The minimum absolute atomic E-state index is 0.463. The summed E-state index contributed by atoms with van der Waals surface area (Å²) in [7, 11) is 0. The molecule has 0 aliphatic heterocycles. The van der Waals surface area contributed by atoms with Gasteiger partial charge in [-0.05, 0) is 30.9 Å². The summed E-state index contributed by atoms with van der Waals surface area (Å²) in [5, 5.41) is 14.0. The molecule has 0 bridgehead atoms. The molecule has 0 N–H and O–H groups in total. The van der Waals surface area contributed by atoms with Crippen molar-refractivity contribution in [1.82, 2.24) is 14.8 Å². The molecule has 0 atom stereocenters. The zero-order chi connectivity index (χ0) is 13.2. The molecule has 1 saturated carbocycles. The maximum atomic E-state index is 9.18. The Morgan fingerprint density at radius 2 is 2.26 bits per heavy atom. The fraction of sp³-hybridized carbons (Fsp3) is 0.357. The van der Waals surface area contributed by atoms with Gasteiger partial charge in [-0.2, -0.15) is 10.4 Å². The fourth-order valence-corrected chi connectivity index (χ4v) is 2.43. The van der Waals surface area contributed by atoms with Crippen molar-refractivity contribution in [2.75, 3.05) is 0 Å². The highest BCUT2D eigenvalue weighted by Crippen LogP contribution is 2.31. The van der Waals surface area contributed by atoms with Gasteiger partial charge in [0.25, 0.3) is 0 Å². The molecule has 1 fully saturated rings. The molecule has 5 heteroatoms. The largest absolute Gasteiger partial charge is 0.268 e. The number of rotatable bonds is 3. The molecule has 0 saturated heterocycles. The second-order valence-corrected chi connectivity index (χ2v) is 5.17. The summed E-state index contributed by atoms with van der Waals surface area (Å²) in [6, 6.07) is 6.41. The Balaban J connectivity index is 1.90. The van der Waals surface area contributed by atoms with Gasteiger partial charge in [-0.15, -0.1) is 0 Å². The Bertz CT molecular complexity index is 637. The predicted octanol–water partition coefficient (Wildman–Crippen LogP) is 3.12. The van der Waals surface area contributed by atoms with Crippen molar-refractivity contribution in [1.29, 1.82) is 5.26 Å². The fourth-order valence-electron chi connectivity index (χ4n) is 2.25. The number of nitrogens with zero attached hydrogens (tertiary/aromatic N) is 4. The lowest BCUT2D eigenvalue weighted by atomic mass is 9.93. The van der Waals surface area contributed by atoms with E-state index in [1.807, 2.05) is 23.0 Å². The maximum Gasteiger partial charge on any atom is 0.166 e. The summed E-state index contributed by atoms with van der Waals surface area (Å²) in [6.07, 6.45) is 7.79. The van der Waals surface area contributed by atoms with Crippen molar-refractivity contribution in [2.24, 2.45) is 0 Å². The van der Waals surface area contributed by atoms with Crippen molar-refractivity contribution < 1.29 is 0 Å². The molecule has 96 valence electrons. The molecule has 2 heterocycles. The Morgan fingerprint density at radius 3 is 2.89 bits per heavy atom. The van der Waals surface area contributed by atoms with Gasteiger partial charge in [0.1, 0.15) is 11.2 Å². The molecule has 1 aliphatic carbocycles. The minimum Gasteiger partial charge on any atom is -0.268 e. The van der Waals surface area contributed by atoms with E-state index in [4.69, 9.17) is 11.6 Å². The number of halogens is 1. The van der Waals surface area contributed by atoms with Gasteiger partial charge in [0.05, 0.1) is 6.04 Å². The van der Waals surface area contributed by atoms with E-state index in [-0.39, 0.29) is 0 Å². The number of pyridine rings is 1. The van der Waals surface area contributed by atoms with E-state index in [0.717, 1.165) is 24.0 Å². The van der Waals surface area contributed by atoms with Crippen LogP contribution in [0.1, 0.15) is 42.1 Å². The van der Waals surface area contributed by atoms with Gasteiger partial charge in [0.15, 0.2) is 5.69 Å². The van der Waals surface area contributed by atoms with E-state index in [9.17, 15) is 5.26 Å². The Kier molecular flexibility index (Phi) is 3.22. The summed E-state index contributed by atoms with van der Waals surface area (Å²) in [5.41, 5.74) is 2.34. The van der Waals surface area contributed by atoms with Gasteiger partial charge in [-0.3, -0.25) is 4.68 Å². The van der Waals surface area contributed by atoms with Gasteiger partial charge < -0.3 is 0 Å². The van der Waals surface area contributed by atoms with E-state index in [2.05, 4.69) is 16.2 Å². The van der Waals surface area contributed by atoms with Gasteiger partial charge >= 0.3 is 0 Å². The first-order valence-electron chi connectivity index (χ1n) is 6.35. The van der Waals surface area contributed by atoms with Crippen LogP contribution in [0.4, 0.5) is 0 Å². The highest BCUT2D eigenvalue weighted by atomic mass is 35.5. The molecule has 19 heavy (non-hydrogen) atoms. The normalized spacial score (nSPS) is 14.9. The van der Waals surface area contributed by atoms with Crippen LogP contribution in [0.2, 0.25) is 5.15 Å². The first-order chi connectivity index (χ1) is 9.28. The molecular weight excluding hydrogens is 260 g/mol. The topological polar surface area (TPSA) is 54.5 Å². The Morgan fingerprint density at radius 1 is 1.42 bits per heavy atom. The molecule has 0 amide bonds. The van der Waals surface area contributed by atoms with Crippen LogP contribution >= 0.6 is 11.6 Å². The summed E-state index contributed by atoms with van der Waals surface area (Å²) < 4.78 is 1.93. The highest BCUT2D eigenvalue weighted by molar-refractivity contribution is 6.30. The summed E-state index contributed by atoms with van der Waals surface area (Å²) in [5.74, 6) is 0. The second kappa shape index (κ2) is 5.02. The minimum atomic E-state index is 0.463. The molecule has 1 aliphatic rings. The van der Waals surface area contributed by atoms with E-state index < -0.39 is 0 Å². The third-order valence-corrected chi connectivity index (χ3v) is 3.92. The molecule has 2 aromatic rings. The van der Waals surface area contributed by atoms with E-state index in [1.165, 1.54) is 6.42 Å². The molecule has 3 rings (SSSR count). The Labute approximate surface area is 116 Å². The van der Waals surface area contributed by atoms with Crippen molar-refractivity contribution in [3.8, 4) is 6.07 Å². The van der Waals surface area contributed by atoms with Crippen LogP contribution in [0.25, 0.3) is 0 Å². The van der Waals surface area contributed by atoms with E-state index in [0.29, 0.717) is 23.3 Å². The number of hydrogen-bond donors (Lipinski definition) is 0. The second-order valence-electron chi connectivity index (χ2n) is 4.81. The number of aromatic nitrogens is 3. The van der Waals surface area contributed by atoms with Crippen molar-refractivity contribution >= 4 is 11.6 Å². The lowest BCUT2D eigenvalue weighted by molar-refractivity contribution is 0.289. The van der Waals surface area contributed by atoms with Crippen molar-refractivity contribution in [2.45, 2.75) is 31.7 Å². The van der Waals surface area contributed by atoms with Crippen LogP contribution in [0.3, 0.4) is 0 Å². The number of nitriles is 1. The first-order valence-corrected chi connectivity index (χ1v) is 6.73. The molecule has 0 aromatic carbocycles. The highest BCUT2D eigenvalue weighted by Gasteiger charge is 2.22. The van der Waals surface area contributed by atoms with Gasteiger partial charge in [0, 0.05) is 24.4 Å². The van der Waals surface area contributed by atoms with Crippen LogP contribution in [0.15, 0.2) is 24.5 Å². The lowest BCUT2D eigenvalue weighted by Crippen LogP contribution is -2.17. The van der Waals surface area contributed by atoms with Crippen molar-refractivity contribution in [3.63, 3.8) is 0 Å². The first kappa shape index (κ1) is 12.2. The standard InChI is InChI=1S/C14H13ClN4/c15-14-10(3-2-6-17-14)7-11-9-19(12-4-1-5-12)18-13(11)8-16/h2-3,6,9,12H,1,4-5,7H2.